The molecule has 5 nitrogen and oxygen atoms in total. The Balaban J connectivity index is 2.06. The fourth-order valence-corrected chi connectivity index (χ4v) is 2.95. The number of aromatic nitrogens is 1. The minimum atomic E-state index is -0.937. The van der Waals surface area contributed by atoms with E-state index in [2.05, 4.69) is 26.2 Å². The number of carboxylic acid groups (broad SMARTS) is 1. The van der Waals surface area contributed by atoms with Gasteiger partial charge in [0.1, 0.15) is 0 Å². The molecule has 0 atom stereocenters. The second-order valence-corrected chi connectivity index (χ2v) is 6.50. The van der Waals surface area contributed by atoms with Crippen LogP contribution in [-0.4, -0.2) is 22.0 Å². The number of nitrogens with one attached hydrogen (secondary N) is 1. The number of carboxylic acids is 1. The lowest BCUT2D eigenvalue weighted by molar-refractivity contribution is -0.136. The smallest absolute Gasteiger partial charge is 0.309 e. The molecule has 0 aliphatic rings. The molecule has 0 aliphatic carbocycles. The van der Waals surface area contributed by atoms with Crippen LogP contribution in [0, 0.1) is 6.92 Å². The van der Waals surface area contributed by atoms with Gasteiger partial charge in [-0.2, -0.15) is 0 Å². The number of pyridine rings is 1. The van der Waals surface area contributed by atoms with E-state index in [0.717, 1.165) is 9.35 Å². The van der Waals surface area contributed by atoms with Crippen LogP contribution >= 0.6 is 27.3 Å². The third-order valence-corrected chi connectivity index (χ3v) is 4.63. The summed E-state index contributed by atoms with van der Waals surface area (Å²) in [6, 6.07) is 5.02. The first-order valence-electron chi connectivity index (χ1n) is 5.69. The molecule has 0 saturated carbocycles. The van der Waals surface area contributed by atoms with Crippen LogP contribution in [-0.2, 0) is 11.2 Å². The van der Waals surface area contributed by atoms with Crippen molar-refractivity contribution in [3.05, 3.63) is 44.3 Å². The van der Waals surface area contributed by atoms with Crippen molar-refractivity contribution in [2.75, 3.05) is 5.32 Å². The van der Waals surface area contributed by atoms with E-state index in [9.17, 15) is 9.59 Å². The van der Waals surface area contributed by atoms with Crippen LogP contribution in [0.5, 0.6) is 0 Å². The van der Waals surface area contributed by atoms with Crippen molar-refractivity contribution in [2.24, 2.45) is 0 Å². The highest BCUT2D eigenvalue weighted by atomic mass is 79.9. The van der Waals surface area contributed by atoms with E-state index in [1.165, 1.54) is 17.5 Å². The van der Waals surface area contributed by atoms with Gasteiger partial charge in [-0.1, -0.05) is 0 Å². The molecule has 0 radical (unpaired) electrons. The SMILES string of the molecule is Cc1cc(C(=O)Nc2ccc(CC(=O)O)nc2)sc1Br. The quantitative estimate of drug-likeness (QED) is 0.883. The number of aryl methyl sites for hydroxylation is 1. The Labute approximate surface area is 127 Å². The number of hydrogen-bond donors (Lipinski definition) is 2. The van der Waals surface area contributed by atoms with Gasteiger partial charge < -0.3 is 10.4 Å². The van der Waals surface area contributed by atoms with Crippen molar-refractivity contribution in [1.82, 2.24) is 4.98 Å². The molecule has 7 heteroatoms. The molecule has 0 aromatic carbocycles. The Hall–Kier alpha value is -1.73. The van der Waals surface area contributed by atoms with E-state index in [-0.39, 0.29) is 12.3 Å². The summed E-state index contributed by atoms with van der Waals surface area (Å²) in [6.45, 7) is 1.92. The van der Waals surface area contributed by atoms with E-state index in [0.29, 0.717) is 16.3 Å². The number of halogens is 1. The number of aliphatic carboxylic acids is 1. The van der Waals surface area contributed by atoms with Crippen molar-refractivity contribution in [3.63, 3.8) is 0 Å². The molecule has 2 heterocycles. The highest BCUT2D eigenvalue weighted by Gasteiger charge is 2.11. The normalized spacial score (nSPS) is 10.3. The fourth-order valence-electron chi connectivity index (χ4n) is 1.52. The molecule has 0 bridgehead atoms. The maximum atomic E-state index is 12.0. The van der Waals surface area contributed by atoms with Crippen LogP contribution in [0.2, 0.25) is 0 Å². The predicted octanol–water partition coefficient (Wildman–Crippen LogP) is 3.09. The minimum absolute atomic E-state index is 0.134. The number of carbonyl (C=O) groups is 2. The number of anilines is 1. The summed E-state index contributed by atoms with van der Waals surface area (Å²) < 4.78 is 0.928. The van der Waals surface area contributed by atoms with Gasteiger partial charge in [-0.15, -0.1) is 11.3 Å². The van der Waals surface area contributed by atoms with Gasteiger partial charge in [0.05, 0.1) is 32.7 Å². The molecule has 2 aromatic heterocycles. The van der Waals surface area contributed by atoms with Crippen molar-refractivity contribution >= 4 is 44.8 Å². The standard InChI is InChI=1S/C13H11BrN2O3S/c1-7-4-10(20-12(7)14)13(19)16-9-3-2-8(15-6-9)5-11(17)18/h2-4,6H,5H2,1H3,(H,16,19)(H,17,18). The van der Waals surface area contributed by atoms with Gasteiger partial charge >= 0.3 is 5.97 Å². The van der Waals surface area contributed by atoms with E-state index >= 15 is 0 Å². The number of carbonyl (C=O) groups excluding carboxylic acids is 1. The number of thiophene rings is 1. The second-order valence-electron chi connectivity index (χ2n) is 4.13. The third-order valence-electron chi connectivity index (χ3n) is 2.50. The van der Waals surface area contributed by atoms with E-state index in [4.69, 9.17) is 5.11 Å². The van der Waals surface area contributed by atoms with Crippen molar-refractivity contribution in [3.8, 4) is 0 Å². The predicted molar refractivity (Wildman–Crippen MR) is 80.3 cm³/mol. The number of rotatable bonds is 4. The van der Waals surface area contributed by atoms with Crippen LogP contribution in [0.4, 0.5) is 5.69 Å². The lowest BCUT2D eigenvalue weighted by Gasteiger charge is -2.03. The summed E-state index contributed by atoms with van der Waals surface area (Å²) in [6.07, 6.45) is 1.32. The monoisotopic (exact) mass is 354 g/mol. The molecule has 2 aromatic rings. The molecule has 1 amide bonds. The van der Waals surface area contributed by atoms with Gasteiger partial charge in [0.15, 0.2) is 0 Å². The molecule has 0 unspecified atom stereocenters. The summed E-state index contributed by atoms with van der Waals surface area (Å²) >= 11 is 4.73. The first-order chi connectivity index (χ1) is 9.45. The van der Waals surface area contributed by atoms with Crippen LogP contribution in [0.3, 0.4) is 0 Å². The number of nitrogens with zero attached hydrogens (tertiary/aromatic N) is 1. The molecular formula is C13H11BrN2O3S. The maximum Gasteiger partial charge on any atom is 0.309 e. The summed E-state index contributed by atoms with van der Waals surface area (Å²) in [4.78, 5) is 27.1. The summed E-state index contributed by atoms with van der Waals surface area (Å²) in [5.41, 5.74) is 1.99. The topological polar surface area (TPSA) is 79.3 Å². The van der Waals surface area contributed by atoms with Gasteiger partial charge in [-0.05, 0) is 46.6 Å². The molecule has 20 heavy (non-hydrogen) atoms. The minimum Gasteiger partial charge on any atom is -0.481 e. The lowest BCUT2D eigenvalue weighted by Crippen LogP contribution is -2.11. The van der Waals surface area contributed by atoms with Gasteiger partial charge in [0.25, 0.3) is 5.91 Å². The van der Waals surface area contributed by atoms with E-state index in [1.54, 1.807) is 18.2 Å². The molecule has 0 saturated heterocycles. The summed E-state index contributed by atoms with van der Waals surface area (Å²) in [7, 11) is 0. The summed E-state index contributed by atoms with van der Waals surface area (Å²) in [5.74, 6) is -1.15. The third kappa shape index (κ3) is 3.64. The first-order valence-corrected chi connectivity index (χ1v) is 7.30. The molecule has 0 aliphatic heterocycles. The van der Waals surface area contributed by atoms with E-state index in [1.807, 2.05) is 6.92 Å². The first kappa shape index (κ1) is 14.7. The highest BCUT2D eigenvalue weighted by Crippen LogP contribution is 2.27. The van der Waals surface area contributed by atoms with Crippen LogP contribution in [0.1, 0.15) is 20.9 Å². The zero-order valence-corrected chi connectivity index (χ0v) is 12.9. The van der Waals surface area contributed by atoms with Gasteiger partial charge in [-0.25, -0.2) is 0 Å². The van der Waals surface area contributed by atoms with Gasteiger partial charge in [0.2, 0.25) is 0 Å². The Kier molecular flexibility index (Phi) is 4.51. The molecule has 2 rings (SSSR count). The lowest BCUT2D eigenvalue weighted by atomic mass is 10.2. The Bertz CT molecular complexity index is 633. The molecule has 0 spiro atoms. The van der Waals surface area contributed by atoms with Crippen LogP contribution in [0.25, 0.3) is 0 Å². The Morgan fingerprint density at radius 2 is 2.20 bits per heavy atom. The molecule has 104 valence electrons. The maximum absolute atomic E-state index is 12.0. The summed E-state index contributed by atoms with van der Waals surface area (Å²) in [5, 5.41) is 11.4. The molecular weight excluding hydrogens is 344 g/mol. The average Bonchev–Trinajstić information content (AvgIpc) is 2.71. The molecule has 0 fully saturated rings. The second kappa shape index (κ2) is 6.15. The van der Waals surface area contributed by atoms with Gasteiger partial charge in [-0.3, -0.25) is 14.6 Å². The van der Waals surface area contributed by atoms with Crippen molar-refractivity contribution < 1.29 is 14.7 Å². The fraction of sp³-hybridized carbons (Fsp3) is 0.154. The van der Waals surface area contributed by atoms with E-state index < -0.39 is 5.97 Å². The van der Waals surface area contributed by atoms with Crippen LogP contribution < -0.4 is 5.32 Å². The van der Waals surface area contributed by atoms with Crippen LogP contribution in [0.15, 0.2) is 28.2 Å². The zero-order valence-electron chi connectivity index (χ0n) is 10.5. The van der Waals surface area contributed by atoms with Gasteiger partial charge in [0, 0.05) is 0 Å². The number of hydrogen-bond acceptors (Lipinski definition) is 4. The average molecular weight is 355 g/mol. The number of amides is 1. The Morgan fingerprint density at radius 3 is 2.70 bits per heavy atom. The highest BCUT2D eigenvalue weighted by molar-refractivity contribution is 9.11. The largest absolute Gasteiger partial charge is 0.481 e. The Morgan fingerprint density at radius 1 is 1.45 bits per heavy atom. The molecule has 2 N–H and O–H groups in total. The zero-order chi connectivity index (χ0) is 14.7. The van der Waals surface area contributed by atoms with Crippen molar-refractivity contribution in [2.45, 2.75) is 13.3 Å². The van der Waals surface area contributed by atoms with Crippen molar-refractivity contribution in [1.29, 1.82) is 0 Å².